The maximum absolute atomic E-state index is 10.00. The first-order valence-corrected chi connectivity index (χ1v) is 6.67. The van der Waals surface area contributed by atoms with Gasteiger partial charge in [0.05, 0.1) is 17.5 Å². The van der Waals surface area contributed by atoms with Crippen LogP contribution >= 0.6 is 0 Å². The molecule has 2 rings (SSSR count). The maximum atomic E-state index is 10.00. The van der Waals surface area contributed by atoms with Gasteiger partial charge in [-0.05, 0) is 18.3 Å². The fraction of sp³-hybridized carbons (Fsp3) is 0.769. The third kappa shape index (κ3) is 2.19. The van der Waals surface area contributed by atoms with Crippen LogP contribution in [0.3, 0.4) is 0 Å². The Balaban J connectivity index is 2.28. The van der Waals surface area contributed by atoms with E-state index >= 15 is 0 Å². The zero-order valence-corrected chi connectivity index (χ0v) is 11.7. The molecule has 0 aliphatic carbocycles. The van der Waals surface area contributed by atoms with Crippen molar-refractivity contribution in [1.29, 1.82) is 0 Å². The van der Waals surface area contributed by atoms with Gasteiger partial charge in [-0.3, -0.25) is 4.68 Å². The van der Waals surface area contributed by atoms with E-state index in [0.29, 0.717) is 18.4 Å². The van der Waals surface area contributed by atoms with Crippen molar-refractivity contribution in [2.24, 2.45) is 13.0 Å². The highest BCUT2D eigenvalue weighted by Crippen LogP contribution is 2.33. The summed E-state index contributed by atoms with van der Waals surface area (Å²) in [7, 11) is 1.92. The summed E-state index contributed by atoms with van der Waals surface area (Å²) in [6, 6.07) is 0. The van der Waals surface area contributed by atoms with Gasteiger partial charge in [0.15, 0.2) is 5.82 Å². The van der Waals surface area contributed by atoms with Crippen LogP contribution < -0.4 is 10.6 Å². The Labute approximate surface area is 109 Å². The quantitative estimate of drug-likeness (QED) is 0.833. The first-order chi connectivity index (χ1) is 8.41. The van der Waals surface area contributed by atoms with Gasteiger partial charge >= 0.3 is 0 Å². The number of aromatic nitrogens is 2. The highest BCUT2D eigenvalue weighted by Gasteiger charge is 2.28. The van der Waals surface area contributed by atoms with Crippen LogP contribution in [0.15, 0.2) is 0 Å². The molecule has 1 fully saturated rings. The Hall–Kier alpha value is -1.23. The number of hydrogen-bond acceptors (Lipinski definition) is 4. The van der Waals surface area contributed by atoms with E-state index in [2.05, 4.69) is 30.8 Å². The summed E-state index contributed by atoms with van der Waals surface area (Å²) in [5.74, 6) is 1.63. The molecular weight excluding hydrogens is 228 g/mol. The number of anilines is 2. The molecule has 5 nitrogen and oxygen atoms in total. The Morgan fingerprint density at radius 1 is 1.44 bits per heavy atom. The molecule has 1 aliphatic heterocycles. The first-order valence-electron chi connectivity index (χ1n) is 6.67. The Morgan fingerprint density at radius 2 is 2.11 bits per heavy atom. The van der Waals surface area contributed by atoms with Gasteiger partial charge in [0.2, 0.25) is 0 Å². The van der Waals surface area contributed by atoms with Crippen LogP contribution in [0.1, 0.15) is 38.8 Å². The van der Waals surface area contributed by atoms with Gasteiger partial charge in [-0.25, -0.2) is 0 Å². The number of aryl methyl sites for hydroxylation is 1. The zero-order valence-electron chi connectivity index (χ0n) is 11.7. The van der Waals surface area contributed by atoms with Gasteiger partial charge in [0, 0.05) is 20.1 Å². The van der Waals surface area contributed by atoms with Gasteiger partial charge in [-0.15, -0.1) is 0 Å². The number of aliphatic hydroxyl groups is 1. The molecule has 18 heavy (non-hydrogen) atoms. The van der Waals surface area contributed by atoms with Crippen LogP contribution in [0.4, 0.5) is 11.5 Å². The molecule has 0 aromatic carbocycles. The molecule has 1 aliphatic rings. The smallest absolute Gasteiger partial charge is 0.150 e. The first kappa shape index (κ1) is 13.2. The zero-order chi connectivity index (χ0) is 13.4. The van der Waals surface area contributed by atoms with E-state index in [1.165, 1.54) is 0 Å². The number of aliphatic hydroxyl groups excluding tert-OH is 1. The second-order valence-corrected chi connectivity index (χ2v) is 5.68. The molecule has 1 aromatic heterocycles. The number of hydrogen-bond donors (Lipinski definition) is 2. The molecule has 2 heterocycles. The number of nitrogens with two attached hydrogens (primary N) is 1. The molecule has 2 atom stereocenters. The van der Waals surface area contributed by atoms with Gasteiger partial charge in [-0.2, -0.15) is 5.10 Å². The summed E-state index contributed by atoms with van der Waals surface area (Å²) in [5.41, 5.74) is 7.91. The Morgan fingerprint density at radius 3 is 2.61 bits per heavy atom. The highest BCUT2D eigenvalue weighted by atomic mass is 16.3. The SMILES string of the molecule is CC(C)c1nn(C)c(N2CCC(C)C(O)C2)c1N. The van der Waals surface area contributed by atoms with Crippen molar-refractivity contribution in [3.8, 4) is 0 Å². The van der Waals surface area contributed by atoms with Crippen LogP contribution in [0, 0.1) is 5.92 Å². The average molecular weight is 252 g/mol. The van der Waals surface area contributed by atoms with E-state index in [9.17, 15) is 5.11 Å². The van der Waals surface area contributed by atoms with Crippen molar-refractivity contribution in [3.05, 3.63) is 5.69 Å². The standard InChI is InChI=1S/C13H24N4O/c1-8(2)12-11(14)13(16(4)15-12)17-6-5-9(3)10(18)7-17/h8-10,18H,5-7,14H2,1-4H3. The molecule has 3 N–H and O–H groups in total. The summed E-state index contributed by atoms with van der Waals surface area (Å²) in [6.45, 7) is 7.85. The van der Waals surface area contributed by atoms with Crippen LogP contribution in [0.2, 0.25) is 0 Å². The number of nitrogens with zero attached hydrogens (tertiary/aromatic N) is 3. The second kappa shape index (κ2) is 4.80. The van der Waals surface area contributed by atoms with Gasteiger partial charge in [0.1, 0.15) is 0 Å². The minimum atomic E-state index is -0.282. The third-order valence-corrected chi connectivity index (χ3v) is 3.85. The number of rotatable bonds is 2. The van der Waals surface area contributed by atoms with Crippen LogP contribution in [-0.2, 0) is 7.05 Å². The fourth-order valence-corrected chi connectivity index (χ4v) is 2.59. The van der Waals surface area contributed by atoms with Gasteiger partial charge < -0.3 is 15.7 Å². The molecule has 0 bridgehead atoms. The summed E-state index contributed by atoms with van der Waals surface area (Å²) < 4.78 is 1.84. The minimum absolute atomic E-state index is 0.282. The van der Waals surface area contributed by atoms with E-state index in [0.717, 1.165) is 30.2 Å². The van der Waals surface area contributed by atoms with Crippen molar-refractivity contribution in [3.63, 3.8) is 0 Å². The normalized spacial score (nSPS) is 24.9. The van der Waals surface area contributed by atoms with Crippen LogP contribution in [-0.4, -0.2) is 34.1 Å². The molecule has 1 aromatic rings. The predicted molar refractivity (Wildman–Crippen MR) is 73.7 cm³/mol. The topological polar surface area (TPSA) is 67.3 Å². The van der Waals surface area contributed by atoms with Crippen molar-refractivity contribution >= 4 is 11.5 Å². The van der Waals surface area contributed by atoms with Crippen molar-refractivity contribution in [1.82, 2.24) is 9.78 Å². The van der Waals surface area contributed by atoms with Crippen molar-refractivity contribution < 1.29 is 5.11 Å². The van der Waals surface area contributed by atoms with Gasteiger partial charge in [0.25, 0.3) is 0 Å². The maximum Gasteiger partial charge on any atom is 0.150 e. The lowest BCUT2D eigenvalue weighted by Gasteiger charge is -2.35. The van der Waals surface area contributed by atoms with E-state index in [-0.39, 0.29) is 6.10 Å². The second-order valence-electron chi connectivity index (χ2n) is 5.68. The van der Waals surface area contributed by atoms with E-state index in [1.807, 2.05) is 11.7 Å². The van der Waals surface area contributed by atoms with Crippen molar-refractivity contribution in [2.45, 2.75) is 39.2 Å². The lowest BCUT2D eigenvalue weighted by molar-refractivity contribution is 0.102. The minimum Gasteiger partial charge on any atom is -0.394 e. The average Bonchev–Trinajstić information content (AvgIpc) is 2.59. The molecule has 0 amide bonds. The molecule has 102 valence electrons. The van der Waals surface area contributed by atoms with Gasteiger partial charge in [-0.1, -0.05) is 20.8 Å². The Bertz CT molecular complexity index is 427. The van der Waals surface area contributed by atoms with Crippen LogP contribution in [0.5, 0.6) is 0 Å². The number of piperidine rings is 1. The summed E-state index contributed by atoms with van der Waals surface area (Å²) >= 11 is 0. The fourth-order valence-electron chi connectivity index (χ4n) is 2.59. The van der Waals surface area contributed by atoms with E-state index in [4.69, 9.17) is 5.73 Å². The Kier molecular flexibility index (Phi) is 3.52. The number of β-amino-alcohol motifs (C(OH)–C–C–N with tert-alkyl or cyclic N) is 1. The van der Waals surface area contributed by atoms with E-state index < -0.39 is 0 Å². The summed E-state index contributed by atoms with van der Waals surface area (Å²) in [4.78, 5) is 2.15. The van der Waals surface area contributed by atoms with Crippen LogP contribution in [0.25, 0.3) is 0 Å². The molecule has 1 saturated heterocycles. The molecule has 5 heteroatoms. The van der Waals surface area contributed by atoms with Crippen molar-refractivity contribution in [2.75, 3.05) is 23.7 Å². The lowest BCUT2D eigenvalue weighted by atomic mass is 9.96. The monoisotopic (exact) mass is 252 g/mol. The largest absolute Gasteiger partial charge is 0.394 e. The molecule has 0 radical (unpaired) electrons. The highest BCUT2D eigenvalue weighted by molar-refractivity contribution is 5.67. The summed E-state index contributed by atoms with van der Waals surface area (Å²) in [5, 5.41) is 14.5. The lowest BCUT2D eigenvalue weighted by Crippen LogP contribution is -2.43. The molecule has 0 spiro atoms. The molecular formula is C13H24N4O. The predicted octanol–water partition coefficient (Wildman–Crippen LogP) is 1.33. The summed E-state index contributed by atoms with van der Waals surface area (Å²) in [6.07, 6.45) is 0.707. The molecule has 0 saturated carbocycles. The molecule has 2 unspecified atom stereocenters. The number of nitrogen functional groups attached to an aromatic ring is 1. The third-order valence-electron chi connectivity index (χ3n) is 3.85. The van der Waals surface area contributed by atoms with E-state index in [1.54, 1.807) is 0 Å².